The first kappa shape index (κ1) is 10.1. The van der Waals surface area contributed by atoms with E-state index in [0.29, 0.717) is 0 Å². The highest BCUT2D eigenvalue weighted by atomic mass is 32.2. The summed E-state index contributed by atoms with van der Waals surface area (Å²) in [5.74, 6) is -1.41. The van der Waals surface area contributed by atoms with Gasteiger partial charge < -0.3 is 5.11 Å². The van der Waals surface area contributed by atoms with Gasteiger partial charge in [-0.1, -0.05) is 0 Å². The van der Waals surface area contributed by atoms with Crippen molar-refractivity contribution in [2.24, 2.45) is 0 Å². The number of carboxylic acids is 1. The number of hydrogen-bond donors (Lipinski definition) is 1. The molecule has 0 aliphatic carbocycles. The van der Waals surface area contributed by atoms with Gasteiger partial charge in [0.05, 0.1) is 5.75 Å². The van der Waals surface area contributed by atoms with Crippen LogP contribution in [0.15, 0.2) is 6.20 Å². The molecule has 0 atom stereocenters. The Kier molecular flexibility index (Phi) is 2.67. The van der Waals surface area contributed by atoms with E-state index in [4.69, 9.17) is 5.11 Å². The summed E-state index contributed by atoms with van der Waals surface area (Å²) >= 11 is 0.784. The van der Waals surface area contributed by atoms with Crippen molar-refractivity contribution in [1.29, 1.82) is 0 Å². The smallest absolute Gasteiger partial charge is 0.347 e. The van der Waals surface area contributed by atoms with Crippen molar-refractivity contribution in [3.8, 4) is 0 Å². The van der Waals surface area contributed by atoms with Gasteiger partial charge in [-0.05, 0) is 11.5 Å². The van der Waals surface area contributed by atoms with Crippen molar-refractivity contribution in [1.82, 2.24) is 4.37 Å². The van der Waals surface area contributed by atoms with Crippen LogP contribution >= 0.6 is 11.5 Å². The second-order valence-electron chi connectivity index (χ2n) is 2.56. The number of nitrogens with zero attached hydrogens (tertiary/aromatic N) is 1. The number of aromatic carboxylic acids is 1. The van der Waals surface area contributed by atoms with Crippen LogP contribution in [0.2, 0.25) is 0 Å². The van der Waals surface area contributed by atoms with Gasteiger partial charge in [-0.2, -0.15) is 4.37 Å². The lowest BCUT2D eigenvalue weighted by molar-refractivity contribution is 0.0701. The highest BCUT2D eigenvalue weighted by Crippen LogP contribution is 2.15. The standard InChI is InChI=1S/C6H7NO4S2/c1-13(10,11)3-4-2-7-12-5(4)6(8)9/h2H,3H2,1H3,(H,8,9). The van der Waals surface area contributed by atoms with Crippen molar-refractivity contribution < 1.29 is 18.3 Å². The summed E-state index contributed by atoms with van der Waals surface area (Å²) in [6.07, 6.45) is 2.32. The third kappa shape index (κ3) is 2.78. The second kappa shape index (κ2) is 3.43. The molecule has 0 unspecified atom stereocenters. The molecule has 72 valence electrons. The maximum Gasteiger partial charge on any atom is 0.347 e. The Morgan fingerprint density at radius 2 is 2.31 bits per heavy atom. The lowest BCUT2D eigenvalue weighted by atomic mass is 10.3. The van der Waals surface area contributed by atoms with Crippen LogP contribution in [0.5, 0.6) is 0 Å². The Morgan fingerprint density at radius 1 is 1.69 bits per heavy atom. The van der Waals surface area contributed by atoms with E-state index in [1.165, 1.54) is 6.20 Å². The first-order chi connectivity index (χ1) is 5.90. The van der Waals surface area contributed by atoms with Crippen molar-refractivity contribution in [2.75, 3.05) is 6.26 Å². The molecule has 0 aromatic carbocycles. The zero-order valence-electron chi connectivity index (χ0n) is 6.72. The summed E-state index contributed by atoms with van der Waals surface area (Å²) in [5.41, 5.74) is 0.250. The molecule has 0 fully saturated rings. The first-order valence-electron chi connectivity index (χ1n) is 3.25. The average Bonchev–Trinajstić information content (AvgIpc) is 2.31. The molecule has 1 N–H and O–H groups in total. The topological polar surface area (TPSA) is 84.3 Å². The van der Waals surface area contributed by atoms with Crippen molar-refractivity contribution in [3.05, 3.63) is 16.6 Å². The van der Waals surface area contributed by atoms with Gasteiger partial charge in [-0.15, -0.1) is 0 Å². The van der Waals surface area contributed by atoms with E-state index in [1.807, 2.05) is 0 Å². The first-order valence-corrected chi connectivity index (χ1v) is 6.08. The largest absolute Gasteiger partial charge is 0.477 e. The average molecular weight is 221 g/mol. The molecule has 0 spiro atoms. The van der Waals surface area contributed by atoms with E-state index in [9.17, 15) is 13.2 Å². The minimum absolute atomic E-state index is 0.00887. The van der Waals surface area contributed by atoms with Crippen molar-refractivity contribution in [3.63, 3.8) is 0 Å². The van der Waals surface area contributed by atoms with Crippen LogP contribution < -0.4 is 0 Å². The van der Waals surface area contributed by atoms with Gasteiger partial charge in [0.25, 0.3) is 0 Å². The molecule has 0 bridgehead atoms. The van der Waals surface area contributed by atoms with E-state index >= 15 is 0 Å². The minimum atomic E-state index is -3.20. The Labute approximate surface area is 79.1 Å². The monoisotopic (exact) mass is 221 g/mol. The highest BCUT2D eigenvalue weighted by molar-refractivity contribution is 7.89. The quantitative estimate of drug-likeness (QED) is 0.797. The van der Waals surface area contributed by atoms with E-state index in [-0.39, 0.29) is 16.2 Å². The fourth-order valence-electron chi connectivity index (χ4n) is 0.822. The molecule has 7 heteroatoms. The Balaban J connectivity index is 3.02. The van der Waals surface area contributed by atoms with E-state index in [2.05, 4.69) is 4.37 Å². The molecule has 0 saturated carbocycles. The molecule has 1 rings (SSSR count). The van der Waals surface area contributed by atoms with E-state index < -0.39 is 15.8 Å². The fraction of sp³-hybridized carbons (Fsp3) is 0.333. The van der Waals surface area contributed by atoms with Crippen LogP contribution in [-0.4, -0.2) is 30.1 Å². The third-order valence-corrected chi connectivity index (χ3v) is 2.92. The molecule has 5 nitrogen and oxygen atoms in total. The van der Waals surface area contributed by atoms with Crippen LogP contribution in [0.25, 0.3) is 0 Å². The maximum absolute atomic E-state index is 10.9. The van der Waals surface area contributed by atoms with Gasteiger partial charge in [0.1, 0.15) is 4.88 Å². The van der Waals surface area contributed by atoms with Gasteiger partial charge in [0.2, 0.25) is 0 Å². The SMILES string of the molecule is CS(=O)(=O)Cc1cnsc1C(=O)O. The van der Waals surface area contributed by atoms with Gasteiger partial charge in [0, 0.05) is 18.0 Å². The summed E-state index contributed by atoms with van der Waals surface area (Å²) in [6, 6.07) is 0. The normalized spacial score (nSPS) is 11.5. The van der Waals surface area contributed by atoms with Crippen molar-refractivity contribution in [2.45, 2.75) is 5.75 Å². The number of hydrogen-bond acceptors (Lipinski definition) is 5. The zero-order valence-corrected chi connectivity index (χ0v) is 8.35. The molecule has 0 saturated heterocycles. The van der Waals surface area contributed by atoms with Crippen LogP contribution in [0.1, 0.15) is 15.2 Å². The molecule has 0 radical (unpaired) electrons. The predicted molar refractivity (Wildman–Crippen MR) is 47.6 cm³/mol. The number of sulfone groups is 1. The van der Waals surface area contributed by atoms with Crippen LogP contribution in [0, 0.1) is 0 Å². The number of rotatable bonds is 3. The summed E-state index contributed by atoms with van der Waals surface area (Å²) in [5, 5.41) is 8.63. The molecule has 13 heavy (non-hydrogen) atoms. The fourth-order valence-corrected chi connectivity index (χ4v) is 2.30. The highest BCUT2D eigenvalue weighted by Gasteiger charge is 2.16. The van der Waals surface area contributed by atoms with Crippen LogP contribution in [-0.2, 0) is 15.6 Å². The predicted octanol–water partition coefficient (Wildman–Crippen LogP) is 0.386. The van der Waals surface area contributed by atoms with Gasteiger partial charge >= 0.3 is 5.97 Å². The Hall–Kier alpha value is -0.950. The lowest BCUT2D eigenvalue weighted by Gasteiger charge is -1.95. The maximum atomic E-state index is 10.9. The van der Waals surface area contributed by atoms with E-state index in [1.54, 1.807) is 0 Å². The van der Waals surface area contributed by atoms with Gasteiger partial charge in [-0.25, -0.2) is 13.2 Å². The van der Waals surface area contributed by atoms with Crippen molar-refractivity contribution >= 4 is 27.3 Å². The zero-order chi connectivity index (χ0) is 10.1. The van der Waals surface area contributed by atoms with Crippen LogP contribution in [0.4, 0.5) is 0 Å². The Morgan fingerprint density at radius 3 is 2.77 bits per heavy atom. The number of carbonyl (C=O) groups is 1. The molecule has 1 heterocycles. The minimum Gasteiger partial charge on any atom is -0.477 e. The number of aromatic nitrogens is 1. The molecule has 1 aromatic heterocycles. The van der Waals surface area contributed by atoms with Gasteiger partial charge in [0.15, 0.2) is 9.84 Å². The summed E-state index contributed by atoms with van der Waals surface area (Å²) < 4.78 is 25.3. The molecule has 0 aliphatic rings. The lowest BCUT2D eigenvalue weighted by Crippen LogP contribution is -2.04. The molecule has 0 amide bonds. The van der Waals surface area contributed by atoms with Gasteiger partial charge in [-0.3, -0.25) is 0 Å². The molecule has 1 aromatic rings. The number of carboxylic acid groups (broad SMARTS) is 1. The molecular weight excluding hydrogens is 214 g/mol. The summed E-state index contributed by atoms with van der Waals surface area (Å²) in [4.78, 5) is 10.5. The summed E-state index contributed by atoms with van der Waals surface area (Å²) in [6.45, 7) is 0. The Bertz CT molecular complexity index is 420. The van der Waals surface area contributed by atoms with E-state index in [0.717, 1.165) is 17.8 Å². The van der Waals surface area contributed by atoms with Crippen LogP contribution in [0.3, 0.4) is 0 Å². The summed E-state index contributed by atoms with van der Waals surface area (Å²) in [7, 11) is -3.20. The second-order valence-corrected chi connectivity index (χ2v) is 5.50. The third-order valence-electron chi connectivity index (χ3n) is 1.26. The molecular formula is C6H7NO4S2. The molecule has 0 aliphatic heterocycles.